The molecule has 0 heterocycles. The van der Waals surface area contributed by atoms with Crippen LogP contribution in [0.3, 0.4) is 0 Å². The lowest BCUT2D eigenvalue weighted by atomic mass is 10.3. The minimum atomic E-state index is -4.24. The Morgan fingerprint density at radius 2 is 1.33 bits per heavy atom. The van der Waals surface area contributed by atoms with Gasteiger partial charge in [0.15, 0.2) is 0 Å². The van der Waals surface area contributed by atoms with E-state index < -0.39 is 15.0 Å². The normalized spacial score (nSPS) is 11.7. The molecular weight excluding hydrogens is 298 g/mol. The van der Waals surface area contributed by atoms with E-state index in [0.717, 1.165) is 0 Å². The van der Waals surface area contributed by atoms with Crippen LogP contribution in [0.1, 0.15) is 0 Å². The van der Waals surface area contributed by atoms with Crippen molar-refractivity contribution in [3.8, 4) is 0 Å². The summed E-state index contributed by atoms with van der Waals surface area (Å²) in [5, 5.41) is 18.2. The Morgan fingerprint density at radius 3 is 1.71 bits per heavy atom. The van der Waals surface area contributed by atoms with Crippen molar-refractivity contribution < 1.29 is 17.9 Å². The summed E-state index contributed by atoms with van der Waals surface area (Å²) in [6, 6.07) is 10.6. The summed E-state index contributed by atoms with van der Waals surface area (Å²) in [4.78, 5) is 9.73. The molecule has 0 saturated heterocycles. The van der Waals surface area contributed by atoms with Crippen LogP contribution in [0.25, 0.3) is 0 Å². The number of rotatable bonds is 4. The Kier molecular flexibility index (Phi) is 4.05. The summed E-state index contributed by atoms with van der Waals surface area (Å²) < 4.78 is 30.5. The van der Waals surface area contributed by atoms with Crippen molar-refractivity contribution in [2.24, 2.45) is 10.2 Å². The average molecular weight is 307 g/mol. The quantitative estimate of drug-likeness (QED) is 0.402. The van der Waals surface area contributed by atoms with E-state index in [-0.39, 0.29) is 10.6 Å². The van der Waals surface area contributed by atoms with Gasteiger partial charge < -0.3 is 0 Å². The average Bonchev–Trinajstić information content (AvgIpc) is 2.45. The second-order valence-corrected chi connectivity index (χ2v) is 5.36. The molecule has 2 aromatic carbocycles. The first-order valence-corrected chi connectivity index (χ1v) is 7.04. The molecule has 0 bridgehead atoms. The highest BCUT2D eigenvalue weighted by Gasteiger charge is 2.08. The minimum Gasteiger partial charge on any atom is -0.282 e. The van der Waals surface area contributed by atoms with E-state index >= 15 is 0 Å². The number of hydrogen-bond acceptors (Lipinski definition) is 6. The van der Waals surface area contributed by atoms with Gasteiger partial charge in [0.1, 0.15) is 0 Å². The van der Waals surface area contributed by atoms with E-state index in [1.165, 1.54) is 48.5 Å². The van der Waals surface area contributed by atoms with Gasteiger partial charge in [-0.3, -0.25) is 14.7 Å². The lowest BCUT2D eigenvalue weighted by Gasteiger charge is -1.97. The first-order valence-electron chi connectivity index (χ1n) is 5.60. The molecule has 8 nitrogen and oxygen atoms in total. The molecule has 0 unspecified atom stereocenters. The van der Waals surface area contributed by atoms with Crippen LogP contribution in [0.15, 0.2) is 63.7 Å². The van der Waals surface area contributed by atoms with Gasteiger partial charge in [-0.1, -0.05) is 0 Å². The predicted molar refractivity (Wildman–Crippen MR) is 73.5 cm³/mol. The Balaban J connectivity index is 2.15. The summed E-state index contributed by atoms with van der Waals surface area (Å²) in [5.74, 6) is 0. The highest BCUT2D eigenvalue weighted by molar-refractivity contribution is 7.85. The van der Waals surface area contributed by atoms with Gasteiger partial charge in [0.2, 0.25) is 0 Å². The van der Waals surface area contributed by atoms with Crippen molar-refractivity contribution in [1.29, 1.82) is 0 Å². The molecular formula is C12H9N3O5S. The van der Waals surface area contributed by atoms with Crippen LogP contribution in [0, 0.1) is 10.1 Å². The third-order valence-electron chi connectivity index (χ3n) is 2.48. The summed E-state index contributed by atoms with van der Waals surface area (Å²) in [7, 11) is -4.24. The van der Waals surface area contributed by atoms with Gasteiger partial charge in [-0.05, 0) is 36.4 Å². The summed E-state index contributed by atoms with van der Waals surface area (Å²) in [6.45, 7) is 0. The minimum absolute atomic E-state index is 0.0496. The molecule has 0 aliphatic heterocycles. The van der Waals surface area contributed by atoms with E-state index in [1.54, 1.807) is 0 Å². The van der Waals surface area contributed by atoms with E-state index in [1.807, 2.05) is 0 Å². The molecule has 0 aliphatic rings. The van der Waals surface area contributed by atoms with Crippen LogP contribution >= 0.6 is 0 Å². The second kappa shape index (κ2) is 5.77. The first kappa shape index (κ1) is 14.8. The molecule has 9 heteroatoms. The number of nitro groups is 1. The third kappa shape index (κ3) is 3.91. The van der Waals surface area contributed by atoms with Gasteiger partial charge in [0.25, 0.3) is 15.8 Å². The molecule has 0 spiro atoms. The standard InChI is InChI=1S/C12H9N3O5S/c16-15(17)11-5-1-9(2-6-11)13-14-10-3-7-12(8-4-10)21(18,19)20/h1-8H,(H,18,19,20). The lowest BCUT2D eigenvalue weighted by Crippen LogP contribution is -1.96. The van der Waals surface area contributed by atoms with Crippen LogP contribution in [-0.4, -0.2) is 17.9 Å². The third-order valence-corrected chi connectivity index (χ3v) is 3.34. The number of nitrogens with zero attached hydrogens (tertiary/aromatic N) is 3. The van der Waals surface area contributed by atoms with E-state index in [9.17, 15) is 18.5 Å². The molecule has 0 radical (unpaired) electrons. The Hall–Kier alpha value is -2.65. The van der Waals surface area contributed by atoms with E-state index in [4.69, 9.17) is 4.55 Å². The number of hydrogen-bond donors (Lipinski definition) is 1. The Morgan fingerprint density at radius 1 is 0.905 bits per heavy atom. The monoisotopic (exact) mass is 307 g/mol. The van der Waals surface area contributed by atoms with Crippen molar-refractivity contribution >= 4 is 27.2 Å². The molecule has 0 atom stereocenters. The topological polar surface area (TPSA) is 122 Å². The summed E-state index contributed by atoms with van der Waals surface area (Å²) in [6.07, 6.45) is 0. The van der Waals surface area contributed by atoms with Crippen molar-refractivity contribution in [2.75, 3.05) is 0 Å². The number of benzene rings is 2. The van der Waals surface area contributed by atoms with Gasteiger partial charge in [-0.25, -0.2) is 0 Å². The van der Waals surface area contributed by atoms with E-state index in [0.29, 0.717) is 11.4 Å². The maximum absolute atomic E-state index is 10.9. The van der Waals surface area contributed by atoms with Gasteiger partial charge in [-0.2, -0.15) is 18.6 Å². The second-order valence-electron chi connectivity index (χ2n) is 3.94. The van der Waals surface area contributed by atoms with Crippen LogP contribution in [0.4, 0.5) is 17.1 Å². The van der Waals surface area contributed by atoms with Gasteiger partial charge >= 0.3 is 0 Å². The van der Waals surface area contributed by atoms with Crippen LogP contribution < -0.4 is 0 Å². The smallest absolute Gasteiger partial charge is 0.282 e. The molecule has 0 saturated carbocycles. The fourth-order valence-corrected chi connectivity index (χ4v) is 1.92. The molecule has 0 aromatic heterocycles. The summed E-state index contributed by atoms with van der Waals surface area (Å²) >= 11 is 0. The zero-order valence-electron chi connectivity index (χ0n) is 10.4. The van der Waals surface area contributed by atoms with Crippen molar-refractivity contribution in [3.05, 3.63) is 58.6 Å². The molecule has 108 valence electrons. The van der Waals surface area contributed by atoms with Gasteiger partial charge in [0.05, 0.1) is 21.2 Å². The number of azo groups is 1. The number of non-ortho nitro benzene ring substituents is 1. The predicted octanol–water partition coefficient (Wildman–Crippen LogP) is 3.26. The number of nitro benzene ring substituents is 1. The molecule has 0 aliphatic carbocycles. The van der Waals surface area contributed by atoms with Gasteiger partial charge in [0, 0.05) is 12.1 Å². The lowest BCUT2D eigenvalue weighted by molar-refractivity contribution is -0.384. The fourth-order valence-electron chi connectivity index (χ4n) is 1.44. The molecule has 0 fully saturated rings. The molecule has 2 rings (SSSR count). The van der Waals surface area contributed by atoms with Crippen molar-refractivity contribution in [2.45, 2.75) is 4.90 Å². The zero-order valence-corrected chi connectivity index (χ0v) is 11.3. The Labute approximate surface area is 119 Å². The van der Waals surface area contributed by atoms with Gasteiger partial charge in [-0.15, -0.1) is 0 Å². The van der Waals surface area contributed by atoms with Crippen LogP contribution in [0.2, 0.25) is 0 Å². The van der Waals surface area contributed by atoms with Crippen LogP contribution in [-0.2, 0) is 10.1 Å². The zero-order chi connectivity index (χ0) is 15.5. The maximum atomic E-state index is 10.9. The maximum Gasteiger partial charge on any atom is 0.294 e. The van der Waals surface area contributed by atoms with Crippen LogP contribution in [0.5, 0.6) is 0 Å². The van der Waals surface area contributed by atoms with E-state index in [2.05, 4.69) is 10.2 Å². The van der Waals surface area contributed by atoms with Crippen molar-refractivity contribution in [1.82, 2.24) is 0 Å². The molecule has 1 N–H and O–H groups in total. The van der Waals surface area contributed by atoms with Crippen molar-refractivity contribution in [3.63, 3.8) is 0 Å². The Bertz CT molecular complexity index is 783. The highest BCUT2D eigenvalue weighted by atomic mass is 32.2. The molecule has 21 heavy (non-hydrogen) atoms. The first-order chi connectivity index (χ1) is 9.86. The SMILES string of the molecule is O=[N+]([O-])c1ccc(N=Nc2ccc(S(=O)(=O)O)cc2)cc1. The fraction of sp³-hybridized carbons (Fsp3) is 0. The summed E-state index contributed by atoms with van der Waals surface area (Å²) in [5.41, 5.74) is 0.742. The molecule has 0 amide bonds. The molecule has 2 aromatic rings. The highest BCUT2D eigenvalue weighted by Crippen LogP contribution is 2.22. The largest absolute Gasteiger partial charge is 0.294 e.